The van der Waals surface area contributed by atoms with Crippen LogP contribution < -0.4 is 10.6 Å². The van der Waals surface area contributed by atoms with Crippen LogP contribution in [0.25, 0.3) is 0 Å². The Bertz CT molecular complexity index is 526. The summed E-state index contributed by atoms with van der Waals surface area (Å²) < 4.78 is 5.22. The van der Waals surface area contributed by atoms with Gasteiger partial charge in [0.25, 0.3) is 0 Å². The van der Waals surface area contributed by atoms with Crippen molar-refractivity contribution in [3.63, 3.8) is 0 Å². The molecule has 2 N–H and O–H groups in total. The van der Waals surface area contributed by atoms with Gasteiger partial charge in [0.05, 0.1) is 17.2 Å². The lowest BCUT2D eigenvalue weighted by Crippen LogP contribution is -2.48. The molecular weight excluding hydrogens is 334 g/mol. The zero-order valence-corrected chi connectivity index (χ0v) is 15.9. The van der Waals surface area contributed by atoms with Gasteiger partial charge in [-0.25, -0.2) is 9.78 Å². The second-order valence-corrected chi connectivity index (χ2v) is 8.10. The maximum atomic E-state index is 12.3. The third-order valence-corrected chi connectivity index (χ3v) is 4.19. The predicted molar refractivity (Wildman–Crippen MR) is 94.9 cm³/mol. The molecule has 1 heterocycles. The van der Waals surface area contributed by atoms with Crippen molar-refractivity contribution in [2.75, 3.05) is 12.0 Å². The summed E-state index contributed by atoms with van der Waals surface area (Å²) in [6.45, 7) is 7.63. The van der Waals surface area contributed by atoms with Gasteiger partial charge in [-0.1, -0.05) is 0 Å². The molecule has 0 fully saturated rings. The highest BCUT2D eigenvalue weighted by Gasteiger charge is 2.24. The van der Waals surface area contributed by atoms with E-state index in [0.717, 1.165) is 16.5 Å². The van der Waals surface area contributed by atoms with E-state index in [-0.39, 0.29) is 5.91 Å². The van der Waals surface area contributed by atoms with Crippen LogP contribution in [0, 0.1) is 6.92 Å². The minimum Gasteiger partial charge on any atom is -0.444 e. The predicted octanol–water partition coefficient (Wildman–Crippen LogP) is 2.71. The number of nitrogens with one attached hydrogen (secondary N) is 2. The Balaban J connectivity index is 2.57. The van der Waals surface area contributed by atoms with Crippen LogP contribution in [0.1, 0.15) is 37.9 Å². The monoisotopic (exact) mass is 359 g/mol. The number of thiazole rings is 1. The number of aryl methyl sites for hydroxylation is 1. The van der Waals surface area contributed by atoms with Gasteiger partial charge in [-0.15, -0.1) is 11.3 Å². The van der Waals surface area contributed by atoms with Gasteiger partial charge in [0.2, 0.25) is 5.91 Å². The number of carbonyl (C=O) groups excluding carboxylic acids is 2. The molecule has 0 aromatic carbocycles. The first-order valence-electron chi connectivity index (χ1n) is 7.38. The van der Waals surface area contributed by atoms with E-state index >= 15 is 0 Å². The summed E-state index contributed by atoms with van der Waals surface area (Å²) in [6, 6.07) is -0.614. The number of ether oxygens (including phenoxy) is 1. The van der Waals surface area contributed by atoms with E-state index in [1.54, 1.807) is 32.5 Å². The highest BCUT2D eigenvalue weighted by molar-refractivity contribution is 7.98. The largest absolute Gasteiger partial charge is 0.444 e. The van der Waals surface area contributed by atoms with Gasteiger partial charge in [-0.2, -0.15) is 11.8 Å². The quantitative estimate of drug-likeness (QED) is 0.782. The Morgan fingerprint density at radius 3 is 2.65 bits per heavy atom. The number of carbonyl (C=O) groups is 2. The van der Waals surface area contributed by atoms with Crippen molar-refractivity contribution >= 4 is 35.1 Å². The zero-order valence-electron chi connectivity index (χ0n) is 14.3. The molecule has 8 heteroatoms. The number of alkyl carbamates (subject to hydrolysis) is 1. The first kappa shape index (κ1) is 19.8. The van der Waals surface area contributed by atoms with Crippen molar-refractivity contribution in [3.8, 4) is 0 Å². The number of aromatic nitrogens is 1. The molecule has 0 aliphatic rings. The summed E-state index contributed by atoms with van der Waals surface area (Å²) in [6.07, 6.45) is 1.92. The summed E-state index contributed by atoms with van der Waals surface area (Å²) >= 11 is 3.16. The lowest BCUT2D eigenvalue weighted by atomic mass is 10.2. The lowest BCUT2D eigenvalue weighted by molar-refractivity contribution is -0.123. The number of amides is 2. The first-order valence-corrected chi connectivity index (χ1v) is 9.66. The molecule has 1 unspecified atom stereocenters. The second-order valence-electron chi connectivity index (χ2n) is 6.06. The van der Waals surface area contributed by atoms with Gasteiger partial charge < -0.3 is 15.4 Å². The normalized spacial score (nSPS) is 12.6. The van der Waals surface area contributed by atoms with Gasteiger partial charge in [0.1, 0.15) is 11.6 Å². The first-order chi connectivity index (χ1) is 10.7. The second kappa shape index (κ2) is 9.12. The van der Waals surface area contributed by atoms with Gasteiger partial charge in [0, 0.05) is 5.38 Å². The van der Waals surface area contributed by atoms with Crippen molar-refractivity contribution in [1.29, 1.82) is 0 Å². The Labute approximate surface area is 145 Å². The minimum absolute atomic E-state index is 0.226. The topological polar surface area (TPSA) is 80.3 Å². The molecule has 0 radical (unpaired) electrons. The molecule has 6 nitrogen and oxygen atoms in total. The van der Waals surface area contributed by atoms with Gasteiger partial charge in [0.15, 0.2) is 0 Å². The third kappa shape index (κ3) is 8.22. The molecule has 1 rings (SSSR count). The van der Waals surface area contributed by atoms with Crippen molar-refractivity contribution in [1.82, 2.24) is 15.6 Å². The van der Waals surface area contributed by atoms with Gasteiger partial charge >= 0.3 is 6.09 Å². The van der Waals surface area contributed by atoms with E-state index in [2.05, 4.69) is 15.6 Å². The van der Waals surface area contributed by atoms with Crippen molar-refractivity contribution in [2.24, 2.45) is 0 Å². The average molecular weight is 360 g/mol. The Morgan fingerprint density at radius 1 is 1.43 bits per heavy atom. The van der Waals surface area contributed by atoms with E-state index in [1.807, 2.05) is 18.6 Å². The van der Waals surface area contributed by atoms with Crippen LogP contribution >= 0.6 is 23.1 Å². The zero-order chi connectivity index (χ0) is 17.5. The number of rotatable bonds is 7. The number of nitrogens with zero attached hydrogens (tertiary/aromatic N) is 1. The van der Waals surface area contributed by atoms with Crippen molar-refractivity contribution in [2.45, 2.75) is 52.3 Å². The summed E-state index contributed by atoms with van der Waals surface area (Å²) in [5.74, 6) is 0.541. The molecule has 0 aliphatic heterocycles. The van der Waals surface area contributed by atoms with Crippen molar-refractivity contribution in [3.05, 3.63) is 16.1 Å². The van der Waals surface area contributed by atoms with E-state index in [1.165, 1.54) is 11.3 Å². The molecule has 0 saturated heterocycles. The third-order valence-electron chi connectivity index (χ3n) is 2.73. The standard InChI is InChI=1S/C15H25N3O3S2/c1-10-17-11(9-23-10)8-16-13(19)12(6-7-22-5)18-14(20)21-15(2,3)4/h9,12H,6-8H2,1-5H3,(H,16,19)(H,18,20). The maximum Gasteiger partial charge on any atom is 0.408 e. The number of hydrogen-bond acceptors (Lipinski definition) is 6. The number of thioether (sulfide) groups is 1. The summed E-state index contributed by atoms with van der Waals surface area (Å²) in [4.78, 5) is 28.5. The Kier molecular flexibility index (Phi) is 7.84. The summed E-state index contributed by atoms with van der Waals surface area (Å²) in [5.41, 5.74) is 0.227. The highest BCUT2D eigenvalue weighted by atomic mass is 32.2. The van der Waals surface area contributed by atoms with Gasteiger partial charge in [-0.3, -0.25) is 4.79 Å². The molecule has 0 saturated carbocycles. The van der Waals surface area contributed by atoms with E-state index in [4.69, 9.17) is 4.74 Å². The fourth-order valence-electron chi connectivity index (χ4n) is 1.74. The van der Waals surface area contributed by atoms with Crippen LogP contribution in [0.2, 0.25) is 0 Å². The molecule has 0 spiro atoms. The minimum atomic E-state index is -0.614. The van der Waals surface area contributed by atoms with Crippen LogP contribution in [-0.2, 0) is 16.1 Å². The smallest absolute Gasteiger partial charge is 0.408 e. The molecule has 0 bridgehead atoms. The molecular formula is C15H25N3O3S2. The average Bonchev–Trinajstić information content (AvgIpc) is 2.84. The summed E-state index contributed by atoms with van der Waals surface area (Å²) in [5, 5.41) is 8.33. The lowest BCUT2D eigenvalue weighted by Gasteiger charge is -2.23. The molecule has 1 aromatic rings. The number of hydrogen-bond donors (Lipinski definition) is 2. The Morgan fingerprint density at radius 2 is 2.13 bits per heavy atom. The molecule has 2 amide bonds. The molecule has 1 aromatic heterocycles. The van der Waals surface area contributed by atoms with E-state index < -0.39 is 17.7 Å². The van der Waals surface area contributed by atoms with E-state index in [0.29, 0.717) is 13.0 Å². The molecule has 130 valence electrons. The fourth-order valence-corrected chi connectivity index (χ4v) is 2.83. The van der Waals surface area contributed by atoms with Crippen LogP contribution in [-0.4, -0.2) is 40.6 Å². The van der Waals surface area contributed by atoms with Gasteiger partial charge in [-0.05, 0) is 46.1 Å². The SMILES string of the molecule is CSCCC(NC(=O)OC(C)(C)C)C(=O)NCc1csc(C)n1. The molecule has 0 aliphatic carbocycles. The van der Waals surface area contributed by atoms with Crippen molar-refractivity contribution < 1.29 is 14.3 Å². The molecule has 23 heavy (non-hydrogen) atoms. The van der Waals surface area contributed by atoms with Crippen LogP contribution in [0.4, 0.5) is 4.79 Å². The van der Waals surface area contributed by atoms with Crippen LogP contribution in [0.15, 0.2) is 5.38 Å². The maximum absolute atomic E-state index is 12.3. The fraction of sp³-hybridized carbons (Fsp3) is 0.667. The van der Waals surface area contributed by atoms with Crippen LogP contribution in [0.3, 0.4) is 0 Å². The highest BCUT2D eigenvalue weighted by Crippen LogP contribution is 2.09. The Hall–Kier alpha value is -1.28. The van der Waals surface area contributed by atoms with Crippen LogP contribution in [0.5, 0.6) is 0 Å². The van der Waals surface area contributed by atoms with E-state index in [9.17, 15) is 9.59 Å². The summed E-state index contributed by atoms with van der Waals surface area (Å²) in [7, 11) is 0. The molecule has 1 atom stereocenters.